The summed E-state index contributed by atoms with van der Waals surface area (Å²) >= 11 is 5.97. The van der Waals surface area contributed by atoms with Crippen LogP contribution >= 0.6 is 11.6 Å². The van der Waals surface area contributed by atoms with E-state index in [0.717, 1.165) is 29.6 Å². The Bertz CT molecular complexity index is 680. The second-order valence-corrected chi connectivity index (χ2v) is 5.84. The van der Waals surface area contributed by atoms with Crippen molar-refractivity contribution < 1.29 is 5.21 Å². The van der Waals surface area contributed by atoms with Crippen molar-refractivity contribution in [2.75, 3.05) is 0 Å². The predicted octanol–water partition coefficient (Wildman–Crippen LogP) is 2.89. The number of benzene rings is 1. The SMILES string of the molecule is O/N=C1\[C@H]2CC[C@H](C2)[C@H]1n1nnc2cc(Cl)ccc21. The van der Waals surface area contributed by atoms with Crippen LogP contribution in [-0.2, 0) is 0 Å². The molecule has 1 N–H and O–H groups in total. The molecule has 1 heterocycles. The largest absolute Gasteiger partial charge is 0.411 e. The first-order valence-electron chi connectivity index (χ1n) is 6.50. The Morgan fingerprint density at radius 1 is 1.37 bits per heavy atom. The van der Waals surface area contributed by atoms with E-state index in [4.69, 9.17) is 11.6 Å². The molecule has 0 spiro atoms. The first kappa shape index (κ1) is 11.2. The molecule has 5 nitrogen and oxygen atoms in total. The molecule has 0 saturated heterocycles. The van der Waals surface area contributed by atoms with Crippen molar-refractivity contribution >= 4 is 28.3 Å². The van der Waals surface area contributed by atoms with Crippen molar-refractivity contribution in [3.05, 3.63) is 23.2 Å². The summed E-state index contributed by atoms with van der Waals surface area (Å²) in [6.07, 6.45) is 3.39. The summed E-state index contributed by atoms with van der Waals surface area (Å²) < 4.78 is 1.89. The molecule has 0 unspecified atom stereocenters. The minimum Gasteiger partial charge on any atom is -0.411 e. The van der Waals surface area contributed by atoms with E-state index in [1.165, 1.54) is 6.42 Å². The summed E-state index contributed by atoms with van der Waals surface area (Å²) in [6.45, 7) is 0. The Labute approximate surface area is 114 Å². The fourth-order valence-corrected chi connectivity index (χ4v) is 3.81. The van der Waals surface area contributed by atoms with E-state index in [0.29, 0.717) is 16.9 Å². The van der Waals surface area contributed by atoms with Gasteiger partial charge in [-0.1, -0.05) is 22.0 Å². The molecule has 1 aromatic heterocycles. The van der Waals surface area contributed by atoms with Gasteiger partial charge in [-0.15, -0.1) is 5.10 Å². The topological polar surface area (TPSA) is 63.3 Å². The molecule has 98 valence electrons. The van der Waals surface area contributed by atoms with Crippen LogP contribution < -0.4 is 0 Å². The number of hydrogen-bond donors (Lipinski definition) is 1. The summed E-state index contributed by atoms with van der Waals surface area (Å²) in [4.78, 5) is 0. The quantitative estimate of drug-likeness (QED) is 0.643. The minimum absolute atomic E-state index is 0.0509. The third-order valence-electron chi connectivity index (χ3n) is 4.45. The zero-order chi connectivity index (χ0) is 13.0. The predicted molar refractivity (Wildman–Crippen MR) is 71.6 cm³/mol. The van der Waals surface area contributed by atoms with Crippen LogP contribution in [0.5, 0.6) is 0 Å². The average molecular weight is 277 g/mol. The molecule has 2 aliphatic carbocycles. The highest BCUT2D eigenvalue weighted by Crippen LogP contribution is 2.49. The monoisotopic (exact) mass is 276 g/mol. The summed E-state index contributed by atoms with van der Waals surface area (Å²) in [5, 5.41) is 21.9. The first-order chi connectivity index (χ1) is 9.28. The smallest absolute Gasteiger partial charge is 0.114 e. The van der Waals surface area contributed by atoms with Crippen LogP contribution in [0.3, 0.4) is 0 Å². The molecule has 1 aromatic carbocycles. The molecule has 19 heavy (non-hydrogen) atoms. The second kappa shape index (κ2) is 3.93. The van der Waals surface area contributed by atoms with Gasteiger partial charge < -0.3 is 5.21 Å². The van der Waals surface area contributed by atoms with Crippen molar-refractivity contribution in [3.8, 4) is 0 Å². The minimum atomic E-state index is 0.0509. The maximum Gasteiger partial charge on any atom is 0.114 e. The van der Waals surface area contributed by atoms with Gasteiger partial charge >= 0.3 is 0 Å². The van der Waals surface area contributed by atoms with Gasteiger partial charge in [0.15, 0.2) is 0 Å². The number of fused-ring (bicyclic) bond motifs is 3. The molecule has 2 bridgehead atoms. The third-order valence-corrected chi connectivity index (χ3v) is 4.69. The molecule has 4 rings (SSSR count). The van der Waals surface area contributed by atoms with Crippen LogP contribution in [0.15, 0.2) is 23.4 Å². The Morgan fingerprint density at radius 2 is 2.26 bits per heavy atom. The first-order valence-corrected chi connectivity index (χ1v) is 6.88. The lowest BCUT2D eigenvalue weighted by Gasteiger charge is -2.23. The molecule has 0 radical (unpaired) electrons. The van der Waals surface area contributed by atoms with Gasteiger partial charge in [-0.25, -0.2) is 4.68 Å². The molecule has 6 heteroatoms. The molecule has 2 aromatic rings. The molecular formula is C13H13ClN4O. The second-order valence-electron chi connectivity index (χ2n) is 5.41. The van der Waals surface area contributed by atoms with Gasteiger partial charge in [0, 0.05) is 10.9 Å². The number of nitrogens with zero attached hydrogens (tertiary/aromatic N) is 4. The Morgan fingerprint density at radius 3 is 3.11 bits per heavy atom. The van der Waals surface area contributed by atoms with E-state index in [-0.39, 0.29) is 6.04 Å². The van der Waals surface area contributed by atoms with E-state index < -0.39 is 0 Å². The highest BCUT2D eigenvalue weighted by molar-refractivity contribution is 6.31. The number of oxime groups is 1. The lowest BCUT2D eigenvalue weighted by atomic mass is 9.93. The van der Waals surface area contributed by atoms with Crippen LogP contribution in [0.2, 0.25) is 5.02 Å². The highest BCUT2D eigenvalue weighted by Gasteiger charge is 2.47. The Hall–Kier alpha value is -1.62. The van der Waals surface area contributed by atoms with Gasteiger partial charge in [0.05, 0.1) is 17.3 Å². The third kappa shape index (κ3) is 1.51. The van der Waals surface area contributed by atoms with E-state index in [2.05, 4.69) is 15.5 Å². The number of aromatic nitrogens is 3. The fourth-order valence-electron chi connectivity index (χ4n) is 3.64. The van der Waals surface area contributed by atoms with Crippen molar-refractivity contribution in [3.63, 3.8) is 0 Å². The van der Waals surface area contributed by atoms with Gasteiger partial charge in [-0.2, -0.15) is 0 Å². The number of rotatable bonds is 1. The fraction of sp³-hybridized carbons (Fsp3) is 0.462. The van der Waals surface area contributed by atoms with E-state index in [1.807, 2.05) is 22.9 Å². The van der Waals surface area contributed by atoms with Crippen molar-refractivity contribution in [1.82, 2.24) is 15.0 Å². The molecule has 3 atom stereocenters. The van der Waals surface area contributed by atoms with E-state index in [1.54, 1.807) is 0 Å². The van der Waals surface area contributed by atoms with Crippen molar-refractivity contribution in [1.29, 1.82) is 0 Å². The lowest BCUT2D eigenvalue weighted by Crippen LogP contribution is -2.26. The van der Waals surface area contributed by atoms with Gasteiger partial charge in [0.2, 0.25) is 0 Å². The number of hydrogen-bond acceptors (Lipinski definition) is 4. The van der Waals surface area contributed by atoms with Gasteiger partial charge in [0.1, 0.15) is 5.52 Å². The average Bonchev–Trinajstić information content (AvgIpc) is 3.10. The normalized spacial score (nSPS) is 31.6. The standard InChI is InChI=1S/C13H13ClN4O/c14-9-3-4-11-10(6-9)15-17-18(11)13-8-2-1-7(5-8)12(13)16-19/h3-4,6-8,13,19H,1-2,5H2/b16-12+/t7-,8+,13+/m0/s1. The lowest BCUT2D eigenvalue weighted by molar-refractivity contribution is 0.305. The maximum absolute atomic E-state index is 9.28. The number of halogens is 1. The van der Waals surface area contributed by atoms with Gasteiger partial charge in [-0.3, -0.25) is 0 Å². The molecular weight excluding hydrogens is 264 g/mol. The summed E-state index contributed by atoms with van der Waals surface area (Å²) in [6, 6.07) is 5.63. The maximum atomic E-state index is 9.28. The highest BCUT2D eigenvalue weighted by atomic mass is 35.5. The van der Waals surface area contributed by atoms with Gasteiger partial charge in [0.25, 0.3) is 0 Å². The zero-order valence-electron chi connectivity index (χ0n) is 10.2. The Balaban J connectivity index is 1.86. The van der Waals surface area contributed by atoms with E-state index >= 15 is 0 Å². The molecule has 2 fully saturated rings. The molecule has 2 saturated carbocycles. The van der Waals surface area contributed by atoms with Crippen LogP contribution in [0, 0.1) is 11.8 Å². The van der Waals surface area contributed by atoms with Gasteiger partial charge in [-0.05, 0) is 43.4 Å². The van der Waals surface area contributed by atoms with Crippen LogP contribution in [0.1, 0.15) is 25.3 Å². The molecule has 0 amide bonds. The van der Waals surface area contributed by atoms with Crippen LogP contribution in [0.25, 0.3) is 11.0 Å². The summed E-state index contributed by atoms with van der Waals surface area (Å²) in [7, 11) is 0. The molecule has 0 aliphatic heterocycles. The van der Waals surface area contributed by atoms with Crippen LogP contribution in [0.4, 0.5) is 0 Å². The molecule has 2 aliphatic rings. The van der Waals surface area contributed by atoms with E-state index in [9.17, 15) is 5.21 Å². The van der Waals surface area contributed by atoms with Crippen molar-refractivity contribution in [2.45, 2.75) is 25.3 Å². The van der Waals surface area contributed by atoms with Crippen molar-refractivity contribution in [2.24, 2.45) is 17.0 Å². The Kier molecular flexibility index (Phi) is 2.33. The summed E-state index contributed by atoms with van der Waals surface area (Å²) in [5.74, 6) is 0.919. The summed E-state index contributed by atoms with van der Waals surface area (Å²) in [5.41, 5.74) is 2.59. The zero-order valence-corrected chi connectivity index (χ0v) is 11.0. The van der Waals surface area contributed by atoms with Crippen LogP contribution in [-0.4, -0.2) is 25.9 Å².